The van der Waals surface area contributed by atoms with Crippen molar-refractivity contribution in [2.45, 2.75) is 18.8 Å². The van der Waals surface area contributed by atoms with E-state index in [-0.39, 0.29) is 5.88 Å². The van der Waals surface area contributed by atoms with E-state index < -0.39 is 0 Å². The van der Waals surface area contributed by atoms with E-state index in [9.17, 15) is 0 Å². The van der Waals surface area contributed by atoms with Crippen molar-refractivity contribution in [2.24, 2.45) is 0 Å². The van der Waals surface area contributed by atoms with Crippen LogP contribution in [0.15, 0.2) is 12.3 Å². The minimum Gasteiger partial charge on any atom is -0.493 e. The Morgan fingerprint density at radius 1 is 1.50 bits per heavy atom. The Hall–Kier alpha value is -1.12. The maximum atomic E-state index is 8.94. The van der Waals surface area contributed by atoms with Crippen LogP contribution in [0.25, 0.3) is 0 Å². The molecule has 0 saturated heterocycles. The summed E-state index contributed by atoms with van der Waals surface area (Å²) in [7, 11) is 0. The zero-order valence-corrected chi connectivity index (χ0v) is 5.49. The number of aromatic nitrogens is 2. The van der Waals surface area contributed by atoms with Gasteiger partial charge in [0, 0.05) is 18.2 Å². The predicted octanol–water partition coefficient (Wildman–Crippen LogP) is 1.06. The minimum absolute atomic E-state index is 0.0805. The first kappa shape index (κ1) is 5.65. The van der Waals surface area contributed by atoms with Crippen molar-refractivity contribution < 1.29 is 5.11 Å². The second kappa shape index (κ2) is 1.94. The first-order valence-corrected chi connectivity index (χ1v) is 3.38. The van der Waals surface area contributed by atoms with E-state index in [1.165, 1.54) is 18.9 Å². The van der Waals surface area contributed by atoms with E-state index in [1.54, 1.807) is 6.20 Å². The standard InChI is InChI=1S/C7H8N2O/c10-6-3-4-8-7(9-6)5-1-2-5/h3-5H,1-2H2,(H,8,9,10). The summed E-state index contributed by atoms with van der Waals surface area (Å²) < 4.78 is 0. The maximum absolute atomic E-state index is 8.94. The smallest absolute Gasteiger partial charge is 0.214 e. The van der Waals surface area contributed by atoms with Crippen LogP contribution in [-0.4, -0.2) is 15.1 Å². The molecule has 1 saturated carbocycles. The summed E-state index contributed by atoms with van der Waals surface area (Å²) >= 11 is 0. The molecule has 0 spiro atoms. The van der Waals surface area contributed by atoms with Gasteiger partial charge >= 0.3 is 0 Å². The van der Waals surface area contributed by atoms with Gasteiger partial charge in [0.1, 0.15) is 5.82 Å². The van der Waals surface area contributed by atoms with Crippen LogP contribution in [0.5, 0.6) is 5.88 Å². The van der Waals surface area contributed by atoms with Gasteiger partial charge < -0.3 is 5.11 Å². The van der Waals surface area contributed by atoms with Gasteiger partial charge in [-0.05, 0) is 12.8 Å². The highest BCUT2D eigenvalue weighted by Crippen LogP contribution is 2.37. The van der Waals surface area contributed by atoms with Crippen molar-refractivity contribution in [3.8, 4) is 5.88 Å². The zero-order valence-electron chi connectivity index (χ0n) is 5.49. The first-order chi connectivity index (χ1) is 4.86. The molecule has 0 unspecified atom stereocenters. The molecule has 1 aliphatic rings. The number of rotatable bonds is 1. The highest BCUT2D eigenvalue weighted by molar-refractivity contribution is 5.12. The van der Waals surface area contributed by atoms with Crippen LogP contribution in [0.3, 0.4) is 0 Å². The summed E-state index contributed by atoms with van der Waals surface area (Å²) in [5, 5.41) is 8.94. The third kappa shape index (κ3) is 0.943. The molecule has 0 radical (unpaired) electrons. The second-order valence-electron chi connectivity index (χ2n) is 2.55. The fraction of sp³-hybridized carbons (Fsp3) is 0.429. The van der Waals surface area contributed by atoms with Gasteiger partial charge in [-0.2, -0.15) is 4.98 Å². The van der Waals surface area contributed by atoms with Crippen molar-refractivity contribution in [2.75, 3.05) is 0 Å². The van der Waals surface area contributed by atoms with E-state index in [0.717, 1.165) is 5.82 Å². The van der Waals surface area contributed by atoms with Gasteiger partial charge in [0.15, 0.2) is 0 Å². The Balaban J connectivity index is 2.32. The van der Waals surface area contributed by atoms with Gasteiger partial charge in [-0.3, -0.25) is 0 Å². The summed E-state index contributed by atoms with van der Waals surface area (Å²) in [5.41, 5.74) is 0. The molecule has 3 heteroatoms. The Morgan fingerprint density at radius 2 is 2.30 bits per heavy atom. The molecule has 2 rings (SSSR count). The molecule has 0 aromatic carbocycles. The molecule has 3 nitrogen and oxygen atoms in total. The van der Waals surface area contributed by atoms with Crippen molar-refractivity contribution >= 4 is 0 Å². The lowest BCUT2D eigenvalue weighted by molar-refractivity contribution is 0.448. The summed E-state index contributed by atoms with van der Waals surface area (Å²) in [5.74, 6) is 1.39. The molecule has 0 aliphatic heterocycles. The van der Waals surface area contributed by atoms with Gasteiger partial charge in [0.05, 0.1) is 0 Å². The monoisotopic (exact) mass is 136 g/mol. The predicted molar refractivity (Wildman–Crippen MR) is 35.7 cm³/mol. The lowest BCUT2D eigenvalue weighted by atomic mass is 10.4. The third-order valence-electron chi connectivity index (χ3n) is 1.60. The topological polar surface area (TPSA) is 46.0 Å². The van der Waals surface area contributed by atoms with Gasteiger partial charge in [0.25, 0.3) is 0 Å². The summed E-state index contributed by atoms with van der Waals surface area (Å²) in [6.07, 6.45) is 3.93. The molecule has 0 bridgehead atoms. The van der Waals surface area contributed by atoms with Crippen molar-refractivity contribution in [3.63, 3.8) is 0 Å². The Labute approximate surface area is 58.8 Å². The lowest BCUT2D eigenvalue weighted by Crippen LogP contribution is -1.89. The first-order valence-electron chi connectivity index (χ1n) is 3.38. The average molecular weight is 136 g/mol. The number of aromatic hydroxyl groups is 1. The lowest BCUT2D eigenvalue weighted by Gasteiger charge is -1.94. The molecule has 1 aromatic heterocycles. The summed E-state index contributed by atoms with van der Waals surface area (Å²) in [6.45, 7) is 0. The number of hydrogen-bond donors (Lipinski definition) is 1. The quantitative estimate of drug-likeness (QED) is 0.627. The molecular formula is C7H8N2O. The normalized spacial score (nSPS) is 17.2. The molecular weight excluding hydrogens is 128 g/mol. The fourth-order valence-electron chi connectivity index (χ4n) is 0.902. The summed E-state index contributed by atoms with van der Waals surface area (Å²) in [4.78, 5) is 7.91. The molecule has 0 atom stereocenters. The Bertz CT molecular complexity index is 245. The van der Waals surface area contributed by atoms with Crippen molar-refractivity contribution in [1.82, 2.24) is 9.97 Å². The van der Waals surface area contributed by atoms with E-state index in [0.29, 0.717) is 5.92 Å². The average Bonchev–Trinajstić information content (AvgIpc) is 2.68. The van der Waals surface area contributed by atoms with Crippen LogP contribution in [0.1, 0.15) is 24.6 Å². The number of hydrogen-bond acceptors (Lipinski definition) is 3. The van der Waals surface area contributed by atoms with Gasteiger partial charge in [-0.25, -0.2) is 4.98 Å². The Kier molecular flexibility index (Phi) is 1.09. The molecule has 10 heavy (non-hydrogen) atoms. The minimum atomic E-state index is 0.0805. The van der Waals surface area contributed by atoms with Crippen LogP contribution in [-0.2, 0) is 0 Å². The van der Waals surface area contributed by atoms with Crippen molar-refractivity contribution in [3.05, 3.63) is 18.1 Å². The summed E-state index contributed by atoms with van der Waals surface area (Å²) in [6, 6.07) is 1.49. The molecule has 1 N–H and O–H groups in total. The van der Waals surface area contributed by atoms with E-state index in [4.69, 9.17) is 5.11 Å². The largest absolute Gasteiger partial charge is 0.493 e. The Morgan fingerprint density at radius 3 is 2.90 bits per heavy atom. The SMILES string of the molecule is Oc1ccnc(C2CC2)n1. The van der Waals surface area contributed by atoms with Crippen LogP contribution >= 0.6 is 0 Å². The highest BCUT2D eigenvalue weighted by atomic mass is 16.3. The number of nitrogens with zero attached hydrogens (tertiary/aromatic N) is 2. The van der Waals surface area contributed by atoms with Gasteiger partial charge in [-0.15, -0.1) is 0 Å². The van der Waals surface area contributed by atoms with Crippen LogP contribution in [0, 0.1) is 0 Å². The molecule has 1 fully saturated rings. The molecule has 1 aliphatic carbocycles. The fourth-order valence-corrected chi connectivity index (χ4v) is 0.902. The van der Waals surface area contributed by atoms with E-state index >= 15 is 0 Å². The van der Waals surface area contributed by atoms with E-state index in [2.05, 4.69) is 9.97 Å². The molecule has 1 aromatic rings. The zero-order chi connectivity index (χ0) is 6.97. The highest BCUT2D eigenvalue weighted by Gasteiger charge is 2.26. The van der Waals surface area contributed by atoms with Crippen molar-refractivity contribution in [1.29, 1.82) is 0 Å². The maximum Gasteiger partial charge on any atom is 0.214 e. The van der Waals surface area contributed by atoms with Crippen LogP contribution < -0.4 is 0 Å². The van der Waals surface area contributed by atoms with Gasteiger partial charge in [0.2, 0.25) is 5.88 Å². The van der Waals surface area contributed by atoms with Crippen LogP contribution in [0.4, 0.5) is 0 Å². The third-order valence-corrected chi connectivity index (χ3v) is 1.60. The molecule has 52 valence electrons. The van der Waals surface area contributed by atoms with Crippen LogP contribution in [0.2, 0.25) is 0 Å². The van der Waals surface area contributed by atoms with E-state index in [1.807, 2.05) is 0 Å². The van der Waals surface area contributed by atoms with Gasteiger partial charge in [-0.1, -0.05) is 0 Å². The molecule has 1 heterocycles. The second-order valence-corrected chi connectivity index (χ2v) is 2.55. The molecule has 0 amide bonds.